The van der Waals surface area contributed by atoms with Crippen LogP contribution in [0.3, 0.4) is 0 Å². The van der Waals surface area contributed by atoms with E-state index in [0.29, 0.717) is 26.1 Å². The van der Waals surface area contributed by atoms with Gasteiger partial charge in [0.15, 0.2) is 0 Å². The summed E-state index contributed by atoms with van der Waals surface area (Å²) in [5.41, 5.74) is 0.950. The van der Waals surface area contributed by atoms with Gasteiger partial charge < -0.3 is 45.4 Å². The number of carbonyl (C=O) groups excluding carboxylic acids is 1. The van der Waals surface area contributed by atoms with Gasteiger partial charge in [-0.05, 0) is 69.4 Å². The van der Waals surface area contributed by atoms with Crippen LogP contribution in [0.5, 0.6) is 5.75 Å². The zero-order valence-electron chi connectivity index (χ0n) is 21.9. The third kappa shape index (κ3) is 9.47. The molecule has 0 bridgehead atoms. The SMILES string of the molecule is CN1CCC(CCCOc2ccc(CC(=O)N3CC(CNC[C@H](O)[C@@H](O)[C@H](O)[C@H](O)CO)C3)cc2)CC1. The van der Waals surface area contributed by atoms with Crippen molar-refractivity contribution in [2.24, 2.45) is 11.8 Å². The first-order valence-corrected chi connectivity index (χ1v) is 13.5. The number of hydrogen-bond donors (Lipinski definition) is 6. The number of amides is 1. The second-order valence-corrected chi connectivity index (χ2v) is 10.7. The average Bonchev–Trinajstić information content (AvgIpc) is 2.88. The molecule has 10 nitrogen and oxygen atoms in total. The molecule has 2 heterocycles. The lowest BCUT2D eigenvalue weighted by Gasteiger charge is -2.39. The number of benzene rings is 1. The molecule has 10 heteroatoms. The van der Waals surface area contributed by atoms with Crippen molar-refractivity contribution in [3.05, 3.63) is 29.8 Å². The highest BCUT2D eigenvalue weighted by Crippen LogP contribution is 2.22. The van der Waals surface area contributed by atoms with Gasteiger partial charge in [-0.3, -0.25) is 4.79 Å². The third-order valence-electron chi connectivity index (χ3n) is 7.56. The maximum atomic E-state index is 12.6. The van der Waals surface area contributed by atoms with Crippen molar-refractivity contribution in [1.29, 1.82) is 0 Å². The lowest BCUT2D eigenvalue weighted by Crippen LogP contribution is -2.55. The quantitative estimate of drug-likeness (QED) is 0.163. The summed E-state index contributed by atoms with van der Waals surface area (Å²) in [6.07, 6.45) is -0.831. The molecule has 2 saturated heterocycles. The van der Waals surface area contributed by atoms with Crippen molar-refractivity contribution in [3.63, 3.8) is 0 Å². The van der Waals surface area contributed by atoms with Gasteiger partial charge in [0.1, 0.15) is 24.1 Å². The normalized spacial score (nSPS) is 20.8. The van der Waals surface area contributed by atoms with Crippen LogP contribution < -0.4 is 10.1 Å². The van der Waals surface area contributed by atoms with Crippen LogP contribution in [-0.4, -0.2) is 125 Å². The predicted molar refractivity (Wildman–Crippen MR) is 139 cm³/mol. The molecule has 2 fully saturated rings. The molecule has 1 aromatic carbocycles. The number of rotatable bonds is 15. The van der Waals surface area contributed by atoms with Crippen LogP contribution in [0.25, 0.3) is 0 Å². The molecule has 0 saturated carbocycles. The summed E-state index contributed by atoms with van der Waals surface area (Å²) in [6, 6.07) is 7.74. The number of piperidine rings is 1. The standard InChI is InChI=1S/C27H45N3O7/c1-29-10-8-19(9-11-29)3-2-12-37-22-6-4-20(5-7-22)13-25(34)30-16-21(17-30)14-28-15-23(32)26(35)27(36)24(33)18-31/h4-7,19,21,23-24,26-28,31-33,35-36H,2-3,8-18H2,1H3/t23-,24+,26+,27+/m0/s1. The maximum absolute atomic E-state index is 12.6. The van der Waals surface area contributed by atoms with Crippen LogP contribution in [0.15, 0.2) is 24.3 Å². The molecule has 6 N–H and O–H groups in total. The molecule has 1 aromatic rings. The zero-order valence-corrected chi connectivity index (χ0v) is 21.9. The Bertz CT molecular complexity index is 798. The number of carbonyl (C=O) groups is 1. The first-order chi connectivity index (χ1) is 17.8. The van der Waals surface area contributed by atoms with E-state index in [0.717, 1.165) is 30.3 Å². The number of hydrogen-bond acceptors (Lipinski definition) is 9. The largest absolute Gasteiger partial charge is 0.494 e. The van der Waals surface area contributed by atoms with Crippen LogP contribution in [-0.2, 0) is 11.2 Å². The summed E-state index contributed by atoms with van der Waals surface area (Å²) in [5, 5.41) is 50.6. The molecule has 2 aliphatic rings. The second kappa shape index (κ2) is 15.0. The molecule has 3 rings (SSSR count). The first-order valence-electron chi connectivity index (χ1n) is 13.5. The topological polar surface area (TPSA) is 146 Å². The Morgan fingerprint density at radius 3 is 2.32 bits per heavy atom. The highest BCUT2D eigenvalue weighted by Gasteiger charge is 2.32. The van der Waals surface area contributed by atoms with Crippen molar-refractivity contribution >= 4 is 5.91 Å². The van der Waals surface area contributed by atoms with E-state index < -0.39 is 31.0 Å². The van der Waals surface area contributed by atoms with Crippen molar-refractivity contribution in [2.45, 2.75) is 56.5 Å². The molecule has 0 aromatic heterocycles. The van der Waals surface area contributed by atoms with Crippen LogP contribution in [0.4, 0.5) is 0 Å². The summed E-state index contributed by atoms with van der Waals surface area (Å²) in [6.45, 7) is 4.21. The fourth-order valence-corrected chi connectivity index (χ4v) is 4.92. The number of aliphatic hydroxyl groups excluding tert-OH is 5. The summed E-state index contributed by atoms with van der Waals surface area (Å²) in [5.74, 6) is 1.96. The molecule has 4 atom stereocenters. The average molecular weight is 524 g/mol. The lowest BCUT2D eigenvalue weighted by atomic mass is 9.93. The summed E-state index contributed by atoms with van der Waals surface area (Å²) in [7, 11) is 2.18. The lowest BCUT2D eigenvalue weighted by molar-refractivity contribution is -0.136. The molecule has 210 valence electrons. The van der Waals surface area contributed by atoms with Gasteiger partial charge in [-0.15, -0.1) is 0 Å². The van der Waals surface area contributed by atoms with Crippen LogP contribution in [0, 0.1) is 11.8 Å². The van der Waals surface area contributed by atoms with Gasteiger partial charge in [0.25, 0.3) is 0 Å². The zero-order chi connectivity index (χ0) is 26.8. The number of ether oxygens (including phenoxy) is 1. The van der Waals surface area contributed by atoms with E-state index in [1.54, 1.807) is 4.90 Å². The highest BCUT2D eigenvalue weighted by molar-refractivity contribution is 5.79. The Balaban J connectivity index is 1.26. The van der Waals surface area contributed by atoms with Crippen molar-refractivity contribution in [1.82, 2.24) is 15.1 Å². The third-order valence-corrected chi connectivity index (χ3v) is 7.56. The van der Waals surface area contributed by atoms with E-state index in [1.807, 2.05) is 24.3 Å². The first kappa shape index (κ1) is 29.8. The fourth-order valence-electron chi connectivity index (χ4n) is 4.92. The van der Waals surface area contributed by atoms with Gasteiger partial charge in [0.05, 0.1) is 25.7 Å². The molecular weight excluding hydrogens is 478 g/mol. The van der Waals surface area contributed by atoms with Gasteiger partial charge in [0.2, 0.25) is 5.91 Å². The Labute approximate surface area is 219 Å². The monoisotopic (exact) mass is 523 g/mol. The summed E-state index contributed by atoms with van der Waals surface area (Å²) in [4.78, 5) is 16.8. The molecule has 1 amide bonds. The number of nitrogens with one attached hydrogen (secondary N) is 1. The minimum atomic E-state index is -1.63. The summed E-state index contributed by atoms with van der Waals surface area (Å²) >= 11 is 0. The van der Waals surface area contributed by atoms with Gasteiger partial charge >= 0.3 is 0 Å². The Morgan fingerprint density at radius 1 is 1.03 bits per heavy atom. The van der Waals surface area contributed by atoms with Gasteiger partial charge in [-0.2, -0.15) is 0 Å². The van der Waals surface area contributed by atoms with Gasteiger partial charge in [-0.25, -0.2) is 0 Å². The molecule has 0 spiro atoms. The van der Waals surface area contributed by atoms with E-state index in [9.17, 15) is 25.2 Å². The van der Waals surface area contributed by atoms with Crippen molar-refractivity contribution in [3.8, 4) is 5.75 Å². The fraction of sp³-hybridized carbons (Fsp3) is 0.741. The van der Waals surface area contributed by atoms with Crippen LogP contribution >= 0.6 is 0 Å². The number of nitrogens with zero attached hydrogens (tertiary/aromatic N) is 2. The van der Waals surface area contributed by atoms with Crippen LogP contribution in [0.1, 0.15) is 31.2 Å². The Hall–Kier alpha value is -1.79. The van der Waals surface area contributed by atoms with Crippen molar-refractivity contribution in [2.75, 3.05) is 59.5 Å². The Kier molecular flexibility index (Phi) is 12.0. The second-order valence-electron chi connectivity index (χ2n) is 10.7. The molecule has 2 aliphatic heterocycles. The minimum Gasteiger partial charge on any atom is -0.494 e. The van der Waals surface area contributed by atoms with E-state index in [4.69, 9.17) is 9.84 Å². The minimum absolute atomic E-state index is 0.0212. The molecule has 37 heavy (non-hydrogen) atoms. The molecule has 0 unspecified atom stereocenters. The summed E-state index contributed by atoms with van der Waals surface area (Å²) < 4.78 is 5.89. The van der Waals surface area contributed by atoms with Crippen molar-refractivity contribution < 1.29 is 35.1 Å². The van der Waals surface area contributed by atoms with E-state index in [-0.39, 0.29) is 18.4 Å². The predicted octanol–water partition coefficient (Wildman–Crippen LogP) is -0.786. The maximum Gasteiger partial charge on any atom is 0.227 e. The number of likely N-dealkylation sites (tertiary alicyclic amines) is 2. The highest BCUT2D eigenvalue weighted by atomic mass is 16.5. The molecule has 0 aliphatic carbocycles. The van der Waals surface area contributed by atoms with E-state index >= 15 is 0 Å². The smallest absolute Gasteiger partial charge is 0.227 e. The van der Waals surface area contributed by atoms with Gasteiger partial charge in [-0.1, -0.05) is 12.1 Å². The molecule has 0 radical (unpaired) electrons. The van der Waals surface area contributed by atoms with Crippen LogP contribution in [0.2, 0.25) is 0 Å². The van der Waals surface area contributed by atoms with E-state index in [1.165, 1.54) is 32.4 Å². The molecular formula is C27H45N3O7. The number of aliphatic hydroxyl groups is 5. The van der Waals surface area contributed by atoms with E-state index in [2.05, 4.69) is 17.3 Å². The Morgan fingerprint density at radius 2 is 1.68 bits per heavy atom. The van der Waals surface area contributed by atoms with Gasteiger partial charge in [0, 0.05) is 32.1 Å².